The van der Waals surface area contributed by atoms with Crippen LogP contribution < -0.4 is 11.1 Å². The lowest BCUT2D eigenvalue weighted by Crippen LogP contribution is -2.15. The molecule has 1 amide bonds. The Labute approximate surface area is 208 Å². The monoisotopic (exact) mass is 497 g/mol. The molecule has 0 aliphatic rings. The van der Waals surface area contributed by atoms with E-state index in [4.69, 9.17) is 5.73 Å². The van der Waals surface area contributed by atoms with Gasteiger partial charge in [-0.2, -0.15) is 5.10 Å². The first-order chi connectivity index (χ1) is 17.2. The number of carbonyl (C=O) groups excluding carboxylic acids is 1. The highest BCUT2D eigenvalue weighted by Crippen LogP contribution is 2.28. The second-order valence-electron chi connectivity index (χ2n) is 8.48. The molecular formula is C27H23N5O3S. The second-order valence-corrected chi connectivity index (χ2v) is 10.5. The highest BCUT2D eigenvalue weighted by Gasteiger charge is 2.16. The number of anilines is 2. The quantitative estimate of drug-likeness (QED) is 0.365. The number of aromatic nitrogens is 3. The Morgan fingerprint density at radius 2 is 1.72 bits per heavy atom. The summed E-state index contributed by atoms with van der Waals surface area (Å²) in [4.78, 5) is 17.5. The van der Waals surface area contributed by atoms with E-state index in [1.54, 1.807) is 65.5 Å². The number of nitrogens with zero attached hydrogens (tertiary/aromatic N) is 3. The molecule has 0 atom stereocenters. The van der Waals surface area contributed by atoms with Gasteiger partial charge < -0.3 is 11.1 Å². The molecule has 5 rings (SSSR count). The van der Waals surface area contributed by atoms with Gasteiger partial charge in [-0.3, -0.25) is 4.79 Å². The molecule has 0 aliphatic carbocycles. The Kier molecular flexibility index (Phi) is 5.77. The van der Waals surface area contributed by atoms with Gasteiger partial charge in [-0.15, -0.1) is 0 Å². The van der Waals surface area contributed by atoms with E-state index in [1.165, 1.54) is 6.26 Å². The maximum absolute atomic E-state index is 13.1. The molecule has 9 heteroatoms. The summed E-state index contributed by atoms with van der Waals surface area (Å²) < 4.78 is 26.0. The highest BCUT2D eigenvalue weighted by atomic mass is 32.2. The van der Waals surface area contributed by atoms with Crippen molar-refractivity contribution in [3.8, 4) is 16.8 Å². The molecule has 2 heterocycles. The van der Waals surface area contributed by atoms with E-state index in [0.717, 1.165) is 22.2 Å². The molecule has 3 aromatic carbocycles. The molecule has 0 aliphatic heterocycles. The maximum Gasteiger partial charge on any atom is 0.256 e. The summed E-state index contributed by atoms with van der Waals surface area (Å²) in [7, 11) is -3.39. The van der Waals surface area contributed by atoms with Gasteiger partial charge >= 0.3 is 0 Å². The number of hydrogen-bond acceptors (Lipinski definition) is 6. The molecule has 8 nitrogen and oxygen atoms in total. The Bertz CT molecular complexity index is 1720. The van der Waals surface area contributed by atoms with E-state index in [0.29, 0.717) is 28.3 Å². The number of nitrogen functional groups attached to an aromatic ring is 1. The van der Waals surface area contributed by atoms with Crippen molar-refractivity contribution in [2.75, 3.05) is 17.3 Å². The van der Waals surface area contributed by atoms with Crippen LogP contribution in [0.15, 0.2) is 90.0 Å². The Balaban J connectivity index is 1.44. The normalized spacial score (nSPS) is 11.5. The number of sulfone groups is 1. The summed E-state index contributed by atoms with van der Waals surface area (Å²) in [5.74, 6) is 0.605. The third kappa shape index (κ3) is 4.44. The molecule has 0 saturated heterocycles. The minimum absolute atomic E-state index is 0.243. The topological polar surface area (TPSA) is 120 Å². The summed E-state index contributed by atoms with van der Waals surface area (Å²) in [6.45, 7) is 1.84. The smallest absolute Gasteiger partial charge is 0.256 e. The molecule has 2 aromatic heterocycles. The minimum Gasteiger partial charge on any atom is -0.383 e. The number of carbonyl (C=O) groups is 1. The fourth-order valence-electron chi connectivity index (χ4n) is 4.11. The summed E-state index contributed by atoms with van der Waals surface area (Å²) in [6, 6.07) is 23.0. The van der Waals surface area contributed by atoms with Crippen LogP contribution in [0.1, 0.15) is 16.1 Å². The molecule has 36 heavy (non-hydrogen) atoms. The zero-order valence-electron chi connectivity index (χ0n) is 19.6. The molecule has 0 spiro atoms. The molecule has 0 bridgehead atoms. The number of pyridine rings is 1. The van der Waals surface area contributed by atoms with Crippen LogP contribution in [-0.4, -0.2) is 35.3 Å². The van der Waals surface area contributed by atoms with Crippen molar-refractivity contribution in [1.82, 2.24) is 14.8 Å². The van der Waals surface area contributed by atoms with E-state index in [2.05, 4.69) is 15.4 Å². The van der Waals surface area contributed by atoms with E-state index in [-0.39, 0.29) is 10.8 Å². The number of hydrogen-bond donors (Lipinski definition) is 2. The fourth-order valence-corrected chi connectivity index (χ4v) is 5.03. The molecule has 0 fully saturated rings. The van der Waals surface area contributed by atoms with Gasteiger partial charge in [-0.1, -0.05) is 36.4 Å². The largest absolute Gasteiger partial charge is 0.383 e. The number of aryl methyl sites for hydroxylation is 1. The maximum atomic E-state index is 13.1. The van der Waals surface area contributed by atoms with E-state index < -0.39 is 9.84 Å². The lowest BCUT2D eigenvalue weighted by molar-refractivity contribution is 0.102. The van der Waals surface area contributed by atoms with Crippen LogP contribution >= 0.6 is 0 Å². The summed E-state index contributed by atoms with van der Waals surface area (Å²) in [5, 5.41) is 9.21. The van der Waals surface area contributed by atoms with Crippen molar-refractivity contribution in [3.05, 3.63) is 96.3 Å². The molecule has 0 unspecified atom stereocenters. The van der Waals surface area contributed by atoms with Crippen LogP contribution in [0.2, 0.25) is 0 Å². The van der Waals surface area contributed by atoms with Gasteiger partial charge in [-0.05, 0) is 54.3 Å². The van der Waals surface area contributed by atoms with E-state index >= 15 is 0 Å². The number of amides is 1. The minimum atomic E-state index is -3.39. The zero-order valence-corrected chi connectivity index (χ0v) is 20.5. The van der Waals surface area contributed by atoms with Crippen molar-refractivity contribution in [3.63, 3.8) is 0 Å². The summed E-state index contributed by atoms with van der Waals surface area (Å²) >= 11 is 0. The van der Waals surface area contributed by atoms with E-state index in [1.807, 2.05) is 31.2 Å². The average Bonchev–Trinajstić information content (AvgIpc) is 3.23. The summed E-state index contributed by atoms with van der Waals surface area (Å²) in [6.07, 6.45) is 2.84. The number of nitrogens with two attached hydrogens (primary N) is 1. The molecule has 3 N–H and O–H groups in total. The van der Waals surface area contributed by atoms with Gasteiger partial charge in [0.2, 0.25) is 0 Å². The van der Waals surface area contributed by atoms with Gasteiger partial charge in [0.1, 0.15) is 11.6 Å². The van der Waals surface area contributed by atoms with Crippen LogP contribution in [0.25, 0.3) is 27.6 Å². The first kappa shape index (κ1) is 23.3. The van der Waals surface area contributed by atoms with Gasteiger partial charge in [0.25, 0.3) is 5.91 Å². The lowest BCUT2D eigenvalue weighted by atomic mass is 10.0. The fraction of sp³-hybridized carbons (Fsp3) is 0.0741. The third-order valence-electron chi connectivity index (χ3n) is 5.84. The van der Waals surface area contributed by atoms with Gasteiger partial charge in [0.05, 0.1) is 16.3 Å². The van der Waals surface area contributed by atoms with Crippen LogP contribution in [-0.2, 0) is 9.84 Å². The standard InChI is InChI=1S/C27H23N5O3S/c1-17-15-25(32(31-17)21-12-11-19-13-14-29-26(28)23(19)16-21)30-27(33)20-9-7-18(8-10-20)22-5-3-4-6-24(22)36(2,34)35/h3-16H,1-2H3,(H2,28,29)(H,30,33). The van der Waals surface area contributed by atoms with Crippen molar-refractivity contribution >= 4 is 38.2 Å². The first-order valence-corrected chi connectivity index (χ1v) is 13.0. The molecular weight excluding hydrogens is 474 g/mol. The van der Waals surface area contributed by atoms with Crippen molar-refractivity contribution < 1.29 is 13.2 Å². The highest BCUT2D eigenvalue weighted by molar-refractivity contribution is 7.90. The predicted molar refractivity (Wildman–Crippen MR) is 141 cm³/mol. The van der Waals surface area contributed by atoms with Crippen LogP contribution in [0.5, 0.6) is 0 Å². The number of nitrogens with one attached hydrogen (secondary N) is 1. The van der Waals surface area contributed by atoms with Crippen LogP contribution in [0.3, 0.4) is 0 Å². The number of fused-ring (bicyclic) bond motifs is 1. The van der Waals surface area contributed by atoms with E-state index in [9.17, 15) is 13.2 Å². The van der Waals surface area contributed by atoms with Crippen LogP contribution in [0.4, 0.5) is 11.6 Å². The third-order valence-corrected chi connectivity index (χ3v) is 7.00. The van der Waals surface area contributed by atoms with Gasteiger partial charge in [0.15, 0.2) is 9.84 Å². The molecule has 5 aromatic rings. The number of rotatable bonds is 5. The molecule has 180 valence electrons. The Morgan fingerprint density at radius 1 is 0.972 bits per heavy atom. The van der Waals surface area contributed by atoms with Gasteiger partial charge in [-0.25, -0.2) is 18.1 Å². The van der Waals surface area contributed by atoms with Crippen LogP contribution in [0, 0.1) is 6.92 Å². The Morgan fingerprint density at radius 3 is 2.47 bits per heavy atom. The lowest BCUT2D eigenvalue weighted by Gasteiger charge is -2.11. The Hall–Kier alpha value is -4.50. The second kappa shape index (κ2) is 8.94. The van der Waals surface area contributed by atoms with Gasteiger partial charge in [0, 0.05) is 35.0 Å². The van der Waals surface area contributed by atoms with Crippen molar-refractivity contribution in [1.29, 1.82) is 0 Å². The first-order valence-electron chi connectivity index (χ1n) is 11.1. The molecule has 0 radical (unpaired) electrons. The zero-order chi connectivity index (χ0) is 25.4. The van der Waals surface area contributed by atoms with Crippen molar-refractivity contribution in [2.45, 2.75) is 11.8 Å². The summed E-state index contributed by atoms with van der Waals surface area (Å²) in [5.41, 5.74) is 9.23. The number of benzene rings is 3. The molecule has 0 saturated carbocycles. The SMILES string of the molecule is Cc1cc(NC(=O)c2ccc(-c3ccccc3S(C)(=O)=O)cc2)n(-c2ccc3ccnc(N)c3c2)n1. The van der Waals surface area contributed by atoms with Crippen molar-refractivity contribution in [2.24, 2.45) is 0 Å². The average molecular weight is 498 g/mol. The predicted octanol–water partition coefficient (Wildman–Crippen LogP) is 4.63.